The van der Waals surface area contributed by atoms with E-state index in [1.54, 1.807) is 0 Å². The van der Waals surface area contributed by atoms with Crippen molar-refractivity contribution in [3.05, 3.63) is 105 Å². The van der Waals surface area contributed by atoms with Crippen LogP contribution in [0.5, 0.6) is 0 Å². The lowest BCUT2D eigenvalue weighted by Crippen LogP contribution is -2.64. The number of likely N-dealkylation sites (tertiary alicyclic amines) is 1. The van der Waals surface area contributed by atoms with E-state index >= 15 is 0 Å². The maximum Gasteiger partial charge on any atom is 0.227 e. The van der Waals surface area contributed by atoms with E-state index < -0.39 is 11.6 Å². The molecule has 1 amide bonds. The molecule has 1 aliphatic carbocycles. The zero-order valence-corrected chi connectivity index (χ0v) is 22.1. The highest BCUT2D eigenvalue weighted by atomic mass is 35.5. The van der Waals surface area contributed by atoms with E-state index in [1.807, 2.05) is 53.4 Å². The molecule has 1 saturated heterocycles. The van der Waals surface area contributed by atoms with Crippen molar-refractivity contribution in [2.75, 3.05) is 13.1 Å². The average Bonchev–Trinajstić information content (AvgIpc) is 2.84. The van der Waals surface area contributed by atoms with Crippen LogP contribution in [0.3, 0.4) is 0 Å². The van der Waals surface area contributed by atoms with E-state index in [0.29, 0.717) is 15.6 Å². The Labute approximate surface area is 227 Å². The second kappa shape index (κ2) is 11.5. The van der Waals surface area contributed by atoms with Crippen molar-refractivity contribution in [3.63, 3.8) is 0 Å². The van der Waals surface area contributed by atoms with Crippen molar-refractivity contribution in [2.45, 2.75) is 56.7 Å². The first-order valence-corrected chi connectivity index (χ1v) is 13.6. The summed E-state index contributed by atoms with van der Waals surface area (Å²) in [5.41, 5.74) is 2.62. The standard InChI is InChI=1S/C30H30Cl2F2N2O/c31-23-10-6-21(7-11-23)30(22-8-12-24(32)13-9-22)35-18-28(19-35)36(27-4-2-1-3-5-27)29(37)16-20-14-25(33)17-26(34)15-20/h6-15,17,27-28,30H,1-5,16,18-19H2. The number of amides is 1. The molecule has 0 radical (unpaired) electrons. The van der Waals surface area contributed by atoms with E-state index in [-0.39, 0.29) is 30.5 Å². The van der Waals surface area contributed by atoms with Gasteiger partial charge in [0.05, 0.1) is 18.5 Å². The topological polar surface area (TPSA) is 23.6 Å². The first kappa shape index (κ1) is 26.1. The van der Waals surface area contributed by atoms with Crippen molar-refractivity contribution in [1.29, 1.82) is 0 Å². The van der Waals surface area contributed by atoms with E-state index in [4.69, 9.17) is 23.2 Å². The largest absolute Gasteiger partial charge is 0.334 e. The van der Waals surface area contributed by atoms with Gasteiger partial charge in [-0.1, -0.05) is 66.7 Å². The molecule has 3 nitrogen and oxygen atoms in total. The minimum Gasteiger partial charge on any atom is -0.334 e. The molecule has 0 N–H and O–H groups in total. The van der Waals surface area contributed by atoms with Gasteiger partial charge in [-0.3, -0.25) is 9.69 Å². The van der Waals surface area contributed by atoms with Crippen LogP contribution in [-0.2, 0) is 11.2 Å². The van der Waals surface area contributed by atoms with Crippen LogP contribution in [-0.4, -0.2) is 40.9 Å². The van der Waals surface area contributed by atoms with Gasteiger partial charge in [0.15, 0.2) is 0 Å². The zero-order chi connectivity index (χ0) is 25.9. The molecule has 5 rings (SSSR count). The summed E-state index contributed by atoms with van der Waals surface area (Å²) in [5.74, 6) is -1.37. The Hall–Kier alpha value is -2.47. The Balaban J connectivity index is 1.37. The molecule has 1 heterocycles. The Kier molecular flexibility index (Phi) is 8.13. The number of hydrogen-bond acceptors (Lipinski definition) is 2. The highest BCUT2D eigenvalue weighted by Crippen LogP contribution is 2.37. The van der Waals surface area contributed by atoms with Crippen LogP contribution < -0.4 is 0 Å². The monoisotopic (exact) mass is 542 g/mol. The van der Waals surface area contributed by atoms with Crippen LogP contribution >= 0.6 is 23.2 Å². The predicted molar refractivity (Wildman–Crippen MR) is 144 cm³/mol. The Bertz CT molecular complexity index is 1160. The summed E-state index contributed by atoms with van der Waals surface area (Å²) in [6, 6.07) is 19.3. The molecule has 3 aromatic rings. The number of carbonyl (C=O) groups excluding carboxylic acids is 1. The lowest BCUT2D eigenvalue weighted by Gasteiger charge is -2.52. The van der Waals surface area contributed by atoms with Crippen molar-refractivity contribution in [2.24, 2.45) is 0 Å². The average molecular weight is 543 g/mol. The summed E-state index contributed by atoms with van der Waals surface area (Å²) >= 11 is 12.3. The summed E-state index contributed by atoms with van der Waals surface area (Å²) in [6.07, 6.45) is 5.31. The summed E-state index contributed by atoms with van der Waals surface area (Å²) < 4.78 is 27.6. The summed E-state index contributed by atoms with van der Waals surface area (Å²) in [4.78, 5) is 18.0. The normalized spacial score (nSPS) is 17.1. The second-order valence-corrected chi connectivity index (χ2v) is 11.0. The maximum absolute atomic E-state index is 13.8. The third kappa shape index (κ3) is 6.17. The van der Waals surface area contributed by atoms with Gasteiger partial charge in [-0.15, -0.1) is 0 Å². The molecule has 0 bridgehead atoms. The van der Waals surface area contributed by atoms with Gasteiger partial charge in [0.1, 0.15) is 11.6 Å². The number of halogens is 4. The highest BCUT2D eigenvalue weighted by molar-refractivity contribution is 6.30. The van der Waals surface area contributed by atoms with Gasteiger partial charge < -0.3 is 4.90 Å². The third-order valence-electron chi connectivity index (χ3n) is 7.55. The van der Waals surface area contributed by atoms with Crippen molar-refractivity contribution >= 4 is 29.1 Å². The zero-order valence-electron chi connectivity index (χ0n) is 20.6. The first-order chi connectivity index (χ1) is 17.9. The quantitative estimate of drug-likeness (QED) is 0.309. The number of nitrogens with zero attached hydrogens (tertiary/aromatic N) is 2. The molecular weight excluding hydrogens is 513 g/mol. The molecule has 3 aromatic carbocycles. The first-order valence-electron chi connectivity index (χ1n) is 12.9. The second-order valence-electron chi connectivity index (χ2n) is 10.2. The van der Waals surface area contributed by atoms with Crippen LogP contribution in [0.25, 0.3) is 0 Å². The third-order valence-corrected chi connectivity index (χ3v) is 8.06. The Morgan fingerprint density at radius 2 is 1.32 bits per heavy atom. The van der Waals surface area contributed by atoms with Gasteiger partial charge in [-0.25, -0.2) is 8.78 Å². The summed E-state index contributed by atoms with van der Waals surface area (Å²) in [5, 5.41) is 1.37. The molecule has 0 atom stereocenters. The van der Waals surface area contributed by atoms with Gasteiger partial charge in [-0.05, 0) is 65.9 Å². The van der Waals surface area contributed by atoms with E-state index in [9.17, 15) is 13.6 Å². The van der Waals surface area contributed by atoms with Crippen molar-refractivity contribution in [3.8, 4) is 0 Å². The van der Waals surface area contributed by atoms with Crippen LogP contribution in [0.4, 0.5) is 8.78 Å². The predicted octanol–water partition coefficient (Wildman–Crippen LogP) is 7.45. The summed E-state index contributed by atoms with van der Waals surface area (Å²) in [6.45, 7) is 1.44. The number of carbonyl (C=O) groups is 1. The molecule has 194 valence electrons. The van der Waals surface area contributed by atoms with Gasteiger partial charge in [-0.2, -0.15) is 0 Å². The maximum atomic E-state index is 13.8. The van der Waals surface area contributed by atoms with Crippen molar-refractivity contribution in [1.82, 2.24) is 9.80 Å². The molecule has 1 saturated carbocycles. The van der Waals surface area contributed by atoms with Gasteiger partial charge in [0.25, 0.3) is 0 Å². The summed E-state index contributed by atoms with van der Waals surface area (Å²) in [7, 11) is 0. The molecule has 1 aliphatic heterocycles. The van der Waals surface area contributed by atoms with E-state index in [2.05, 4.69) is 4.90 Å². The molecule has 0 spiro atoms. The Morgan fingerprint density at radius 3 is 1.84 bits per heavy atom. The van der Waals surface area contributed by atoms with Gasteiger partial charge in [0.2, 0.25) is 5.91 Å². The Morgan fingerprint density at radius 1 is 0.811 bits per heavy atom. The molecular formula is C30H30Cl2F2N2O. The molecule has 7 heteroatoms. The fourth-order valence-electron chi connectivity index (χ4n) is 5.82. The fourth-order valence-corrected chi connectivity index (χ4v) is 6.07. The van der Waals surface area contributed by atoms with E-state index in [0.717, 1.165) is 56.0 Å². The van der Waals surface area contributed by atoms with Gasteiger partial charge >= 0.3 is 0 Å². The SMILES string of the molecule is O=C(Cc1cc(F)cc(F)c1)N(C1CCCCC1)C1CN(C(c2ccc(Cl)cc2)c2ccc(Cl)cc2)C1. The van der Waals surface area contributed by atoms with E-state index in [1.165, 1.54) is 18.6 Å². The molecule has 2 fully saturated rings. The molecule has 2 aliphatic rings. The van der Waals surface area contributed by atoms with Crippen LogP contribution in [0, 0.1) is 11.6 Å². The fraction of sp³-hybridized carbons (Fsp3) is 0.367. The lowest BCUT2D eigenvalue weighted by atomic mass is 9.89. The van der Waals surface area contributed by atoms with Gasteiger partial charge in [0, 0.05) is 35.2 Å². The number of hydrogen-bond donors (Lipinski definition) is 0. The molecule has 0 aromatic heterocycles. The lowest BCUT2D eigenvalue weighted by molar-refractivity contribution is -0.141. The van der Waals surface area contributed by atoms with Crippen LogP contribution in [0.2, 0.25) is 10.0 Å². The minimum atomic E-state index is -0.657. The van der Waals surface area contributed by atoms with Crippen LogP contribution in [0.15, 0.2) is 66.7 Å². The highest BCUT2D eigenvalue weighted by Gasteiger charge is 2.41. The minimum absolute atomic E-state index is 0.000519. The smallest absolute Gasteiger partial charge is 0.227 e. The number of benzene rings is 3. The number of rotatable bonds is 7. The molecule has 0 unspecified atom stereocenters. The van der Waals surface area contributed by atoms with Crippen molar-refractivity contribution < 1.29 is 13.6 Å². The van der Waals surface area contributed by atoms with Crippen LogP contribution in [0.1, 0.15) is 54.8 Å². The molecule has 37 heavy (non-hydrogen) atoms.